The molecule has 0 unspecified atom stereocenters. The number of unbranched alkanes of at least 4 members (excludes halogenated alkanes) is 2. The predicted molar refractivity (Wildman–Crippen MR) is 46.0 cm³/mol. The van der Waals surface area contributed by atoms with E-state index in [1.807, 2.05) is 0 Å². The summed E-state index contributed by atoms with van der Waals surface area (Å²) in [6, 6.07) is 0. The summed E-state index contributed by atoms with van der Waals surface area (Å²) in [5.74, 6) is 0. The standard InChI is InChI=1S/C5H17NSi2/c1-2-3-4-5-6-8-7/h6H,2-5,8H2,1,7H3. The van der Waals surface area contributed by atoms with Gasteiger partial charge in [0.2, 0.25) is 0 Å². The molecular weight excluding hydrogens is 130 g/mol. The lowest BCUT2D eigenvalue weighted by atomic mass is 10.3. The quantitative estimate of drug-likeness (QED) is 0.394. The van der Waals surface area contributed by atoms with E-state index in [2.05, 4.69) is 11.9 Å². The lowest BCUT2D eigenvalue weighted by Gasteiger charge is -1.97. The molecule has 0 heterocycles. The van der Waals surface area contributed by atoms with Gasteiger partial charge in [-0.15, -0.1) is 0 Å². The first kappa shape index (κ1) is 8.39. The third kappa shape index (κ3) is 6.39. The van der Waals surface area contributed by atoms with Crippen LogP contribution in [0.1, 0.15) is 26.2 Å². The Bertz CT molecular complexity index is 35.4. The van der Waals surface area contributed by atoms with Crippen molar-refractivity contribution in [2.24, 2.45) is 0 Å². The molecule has 0 aromatic rings. The second kappa shape index (κ2) is 7.39. The van der Waals surface area contributed by atoms with Crippen LogP contribution in [-0.2, 0) is 0 Å². The van der Waals surface area contributed by atoms with Gasteiger partial charge in [0.15, 0.2) is 0 Å². The summed E-state index contributed by atoms with van der Waals surface area (Å²) in [5, 5.41) is 0. The minimum Gasteiger partial charge on any atom is -0.345 e. The van der Waals surface area contributed by atoms with Gasteiger partial charge < -0.3 is 4.98 Å². The van der Waals surface area contributed by atoms with E-state index >= 15 is 0 Å². The van der Waals surface area contributed by atoms with E-state index in [9.17, 15) is 0 Å². The van der Waals surface area contributed by atoms with Crippen LogP contribution < -0.4 is 4.98 Å². The van der Waals surface area contributed by atoms with Crippen molar-refractivity contribution in [3.05, 3.63) is 0 Å². The first-order chi connectivity index (χ1) is 3.91. The molecule has 0 aliphatic carbocycles. The molecule has 0 aromatic heterocycles. The van der Waals surface area contributed by atoms with Crippen LogP contribution in [0.25, 0.3) is 0 Å². The highest BCUT2D eigenvalue weighted by Crippen LogP contribution is 1.89. The molecule has 0 radical (unpaired) electrons. The van der Waals surface area contributed by atoms with Crippen molar-refractivity contribution < 1.29 is 0 Å². The molecule has 0 bridgehead atoms. The van der Waals surface area contributed by atoms with Crippen molar-refractivity contribution in [3.8, 4) is 0 Å². The second-order valence-corrected chi connectivity index (χ2v) is 5.39. The minimum absolute atomic E-state index is 0.275. The van der Waals surface area contributed by atoms with Crippen molar-refractivity contribution in [2.45, 2.75) is 26.2 Å². The molecule has 0 fully saturated rings. The summed E-state index contributed by atoms with van der Waals surface area (Å²) in [7, 11) is 1.71. The summed E-state index contributed by atoms with van der Waals surface area (Å²) < 4.78 is 0. The van der Waals surface area contributed by atoms with Crippen LogP contribution in [0.2, 0.25) is 0 Å². The Morgan fingerprint density at radius 3 is 2.75 bits per heavy atom. The van der Waals surface area contributed by atoms with Crippen molar-refractivity contribution in [1.82, 2.24) is 4.98 Å². The molecule has 0 amide bonds. The van der Waals surface area contributed by atoms with Crippen LogP contribution in [0.15, 0.2) is 0 Å². The summed E-state index contributed by atoms with van der Waals surface area (Å²) in [5.41, 5.74) is 0. The largest absolute Gasteiger partial charge is 0.345 e. The Kier molecular flexibility index (Phi) is 7.76. The van der Waals surface area contributed by atoms with E-state index in [0.717, 1.165) is 0 Å². The van der Waals surface area contributed by atoms with Gasteiger partial charge in [-0.05, 0) is 13.0 Å². The second-order valence-electron chi connectivity index (χ2n) is 2.06. The van der Waals surface area contributed by atoms with Gasteiger partial charge in [0, 0.05) is 9.76 Å². The maximum Gasteiger partial charge on any atom is 0.0721 e. The van der Waals surface area contributed by atoms with Crippen molar-refractivity contribution in [3.63, 3.8) is 0 Å². The molecule has 8 heavy (non-hydrogen) atoms. The zero-order valence-corrected chi connectivity index (χ0v) is 9.45. The first-order valence-electron chi connectivity index (χ1n) is 3.62. The molecule has 1 N–H and O–H groups in total. The van der Waals surface area contributed by atoms with Crippen molar-refractivity contribution in [2.75, 3.05) is 6.54 Å². The number of hydrogen-bond acceptors (Lipinski definition) is 1. The normalized spacial score (nSPS) is 11.6. The smallest absolute Gasteiger partial charge is 0.0721 e. The maximum atomic E-state index is 3.48. The molecule has 0 saturated heterocycles. The number of rotatable bonds is 5. The fourth-order valence-corrected chi connectivity index (χ4v) is 2.34. The third-order valence-electron chi connectivity index (χ3n) is 1.21. The van der Waals surface area contributed by atoms with Gasteiger partial charge in [-0.1, -0.05) is 19.8 Å². The van der Waals surface area contributed by atoms with Gasteiger partial charge in [0.1, 0.15) is 0 Å². The lowest BCUT2D eigenvalue weighted by Crippen LogP contribution is -2.20. The highest BCUT2D eigenvalue weighted by atomic mass is 29.1. The molecule has 0 aliphatic rings. The maximum absolute atomic E-state index is 3.48. The summed E-state index contributed by atoms with van der Waals surface area (Å²) in [4.78, 5) is 3.48. The van der Waals surface area contributed by atoms with Gasteiger partial charge in [0.05, 0.1) is 9.20 Å². The predicted octanol–water partition coefficient (Wildman–Crippen LogP) is -0.870. The summed E-state index contributed by atoms with van der Waals surface area (Å²) >= 11 is 0. The fraction of sp³-hybridized carbons (Fsp3) is 1.00. The van der Waals surface area contributed by atoms with E-state index in [0.29, 0.717) is 0 Å². The Morgan fingerprint density at radius 2 is 2.25 bits per heavy atom. The summed E-state index contributed by atoms with van der Waals surface area (Å²) in [6.45, 7) is 3.54. The molecule has 0 aromatic carbocycles. The van der Waals surface area contributed by atoms with Gasteiger partial charge in [-0.3, -0.25) is 0 Å². The minimum atomic E-state index is 0.275. The number of nitrogens with one attached hydrogen (secondary N) is 1. The Hall–Kier alpha value is 0.394. The average molecular weight is 147 g/mol. The van der Waals surface area contributed by atoms with Crippen LogP contribution in [0.3, 0.4) is 0 Å². The SMILES string of the molecule is CCCCCN[SiH2][SiH3]. The van der Waals surface area contributed by atoms with Crippen molar-refractivity contribution in [1.29, 1.82) is 0 Å². The van der Waals surface area contributed by atoms with Crippen LogP contribution in [0.5, 0.6) is 0 Å². The van der Waals surface area contributed by atoms with E-state index in [1.54, 1.807) is 0 Å². The van der Waals surface area contributed by atoms with E-state index in [1.165, 1.54) is 35.6 Å². The van der Waals surface area contributed by atoms with E-state index in [4.69, 9.17) is 0 Å². The molecule has 0 aliphatic heterocycles. The summed E-state index contributed by atoms with van der Waals surface area (Å²) in [6.07, 6.45) is 4.15. The Labute approximate surface area is 57.4 Å². The Balaban J connectivity index is 2.53. The van der Waals surface area contributed by atoms with Gasteiger partial charge in [-0.2, -0.15) is 0 Å². The zero-order valence-electron chi connectivity index (χ0n) is 6.04. The number of hydrogen-bond donors (Lipinski definition) is 1. The van der Waals surface area contributed by atoms with Gasteiger partial charge >= 0.3 is 0 Å². The van der Waals surface area contributed by atoms with Gasteiger partial charge in [-0.25, -0.2) is 0 Å². The highest BCUT2D eigenvalue weighted by molar-refractivity contribution is 6.87. The van der Waals surface area contributed by atoms with E-state index < -0.39 is 0 Å². The van der Waals surface area contributed by atoms with Crippen molar-refractivity contribution >= 4 is 19.0 Å². The molecule has 50 valence electrons. The van der Waals surface area contributed by atoms with Crippen LogP contribution in [-0.4, -0.2) is 25.5 Å². The van der Waals surface area contributed by atoms with Crippen LogP contribution >= 0.6 is 0 Å². The Morgan fingerprint density at radius 1 is 1.50 bits per heavy atom. The van der Waals surface area contributed by atoms with Crippen LogP contribution in [0.4, 0.5) is 0 Å². The van der Waals surface area contributed by atoms with Crippen LogP contribution in [0, 0.1) is 0 Å². The van der Waals surface area contributed by atoms with E-state index in [-0.39, 0.29) is 9.20 Å². The average Bonchev–Trinajstić information content (AvgIpc) is 1.81. The molecule has 0 rings (SSSR count). The molecular formula is C5H17NSi2. The first-order valence-corrected chi connectivity index (χ1v) is 9.99. The topological polar surface area (TPSA) is 12.0 Å². The monoisotopic (exact) mass is 147 g/mol. The molecule has 3 heteroatoms. The third-order valence-corrected chi connectivity index (χ3v) is 3.56. The highest BCUT2D eigenvalue weighted by Gasteiger charge is 1.81. The lowest BCUT2D eigenvalue weighted by molar-refractivity contribution is 0.704. The molecule has 1 nitrogen and oxygen atoms in total. The molecule has 0 spiro atoms. The molecule has 0 saturated carbocycles. The fourth-order valence-electron chi connectivity index (χ4n) is 0.677. The zero-order chi connectivity index (χ0) is 6.24. The van der Waals surface area contributed by atoms with Gasteiger partial charge in [0.25, 0.3) is 0 Å². The molecule has 0 atom stereocenters.